The van der Waals surface area contributed by atoms with Crippen LogP contribution in [0.25, 0.3) is 0 Å². The highest BCUT2D eigenvalue weighted by molar-refractivity contribution is 5.76. The Morgan fingerprint density at radius 2 is 2.25 bits per heavy atom. The van der Waals surface area contributed by atoms with Crippen molar-refractivity contribution in [1.82, 2.24) is 14.5 Å². The molecule has 1 aromatic heterocycles. The fourth-order valence-corrected chi connectivity index (χ4v) is 1.49. The van der Waals surface area contributed by atoms with Crippen molar-refractivity contribution in [3.8, 4) is 0 Å². The second kappa shape index (κ2) is 3.96. The van der Waals surface area contributed by atoms with E-state index in [2.05, 4.69) is 4.98 Å². The average molecular weight is 223 g/mol. The van der Waals surface area contributed by atoms with E-state index in [4.69, 9.17) is 0 Å². The van der Waals surface area contributed by atoms with Crippen LogP contribution in [-0.4, -0.2) is 33.4 Å². The van der Waals surface area contributed by atoms with Crippen LogP contribution in [0.2, 0.25) is 0 Å². The van der Waals surface area contributed by atoms with E-state index < -0.39 is 11.2 Å². The smallest absolute Gasteiger partial charge is 0.328 e. The highest BCUT2D eigenvalue weighted by Crippen LogP contribution is 2.25. The minimum Gasteiger partial charge on any atom is -0.341 e. The minimum atomic E-state index is -0.551. The number of aromatic amines is 1. The molecule has 0 aromatic carbocycles. The van der Waals surface area contributed by atoms with Crippen molar-refractivity contribution in [2.45, 2.75) is 25.4 Å². The fraction of sp³-hybridized carbons (Fsp3) is 0.500. The number of likely N-dealkylation sites (N-methyl/N-ethyl adjacent to an activating group) is 1. The molecule has 0 spiro atoms. The zero-order chi connectivity index (χ0) is 11.7. The number of hydrogen-bond acceptors (Lipinski definition) is 3. The third kappa shape index (κ3) is 2.21. The maximum Gasteiger partial charge on any atom is 0.328 e. The summed E-state index contributed by atoms with van der Waals surface area (Å²) in [7, 11) is 1.73. The van der Waals surface area contributed by atoms with Crippen LogP contribution in [0.4, 0.5) is 0 Å². The zero-order valence-corrected chi connectivity index (χ0v) is 8.97. The molecular formula is C10H13N3O3. The third-order valence-corrected chi connectivity index (χ3v) is 2.69. The normalized spacial score (nSPS) is 14.8. The molecule has 0 atom stereocenters. The Morgan fingerprint density at radius 3 is 2.81 bits per heavy atom. The molecule has 1 fully saturated rings. The molecule has 1 N–H and O–H groups in total. The summed E-state index contributed by atoms with van der Waals surface area (Å²) >= 11 is 0. The molecule has 1 aromatic rings. The van der Waals surface area contributed by atoms with Crippen LogP contribution in [0.5, 0.6) is 0 Å². The van der Waals surface area contributed by atoms with Crippen LogP contribution in [0.15, 0.2) is 21.9 Å². The summed E-state index contributed by atoms with van der Waals surface area (Å²) in [6.45, 7) is -0.0252. The van der Waals surface area contributed by atoms with Crippen molar-refractivity contribution in [2.75, 3.05) is 7.05 Å². The summed E-state index contributed by atoms with van der Waals surface area (Å²) in [6, 6.07) is 1.55. The van der Waals surface area contributed by atoms with Crippen molar-refractivity contribution >= 4 is 5.91 Å². The molecule has 0 bridgehead atoms. The summed E-state index contributed by atoms with van der Waals surface area (Å²) in [5.74, 6) is -0.114. The molecule has 6 nitrogen and oxygen atoms in total. The summed E-state index contributed by atoms with van der Waals surface area (Å²) in [5, 5.41) is 0. The van der Waals surface area contributed by atoms with Gasteiger partial charge in [0, 0.05) is 25.4 Å². The molecule has 1 aliphatic rings. The second-order valence-electron chi connectivity index (χ2n) is 3.97. The number of carbonyl (C=O) groups excluding carboxylic acids is 1. The molecule has 1 heterocycles. The number of rotatable bonds is 3. The average Bonchev–Trinajstić information content (AvgIpc) is 3.04. The van der Waals surface area contributed by atoms with E-state index in [-0.39, 0.29) is 12.5 Å². The molecule has 86 valence electrons. The Hall–Kier alpha value is -1.85. The maximum atomic E-state index is 11.7. The predicted octanol–water partition coefficient (Wildman–Crippen LogP) is -0.843. The van der Waals surface area contributed by atoms with E-state index >= 15 is 0 Å². The van der Waals surface area contributed by atoms with Gasteiger partial charge in [-0.25, -0.2) is 4.79 Å². The van der Waals surface area contributed by atoms with Gasteiger partial charge in [-0.05, 0) is 12.8 Å². The van der Waals surface area contributed by atoms with Crippen molar-refractivity contribution in [2.24, 2.45) is 0 Å². The van der Waals surface area contributed by atoms with Crippen LogP contribution in [0, 0.1) is 0 Å². The first-order valence-corrected chi connectivity index (χ1v) is 5.13. The van der Waals surface area contributed by atoms with E-state index in [0.29, 0.717) is 6.04 Å². The zero-order valence-electron chi connectivity index (χ0n) is 8.97. The number of H-pyrrole nitrogens is 1. The Bertz CT molecular complexity index is 513. The van der Waals surface area contributed by atoms with Gasteiger partial charge in [0.1, 0.15) is 6.54 Å². The minimum absolute atomic E-state index is 0.0252. The van der Waals surface area contributed by atoms with E-state index in [0.717, 1.165) is 12.8 Å². The van der Waals surface area contributed by atoms with E-state index in [9.17, 15) is 14.4 Å². The second-order valence-corrected chi connectivity index (χ2v) is 3.97. The molecule has 2 rings (SSSR count). The molecule has 1 saturated carbocycles. The lowest BCUT2D eigenvalue weighted by atomic mass is 10.4. The number of nitrogens with zero attached hydrogens (tertiary/aromatic N) is 2. The van der Waals surface area contributed by atoms with Gasteiger partial charge in [0.25, 0.3) is 5.56 Å². The van der Waals surface area contributed by atoms with Crippen molar-refractivity contribution in [3.63, 3.8) is 0 Å². The van der Waals surface area contributed by atoms with Gasteiger partial charge in [-0.3, -0.25) is 19.1 Å². The molecule has 6 heteroatoms. The lowest BCUT2D eigenvalue weighted by Crippen LogP contribution is -2.37. The third-order valence-electron chi connectivity index (χ3n) is 2.69. The standard InChI is InChI=1S/C10H13N3O3/c1-12(7-2-3-7)9(15)6-13-5-4-8(14)11-10(13)16/h4-5,7H,2-3,6H2,1H3,(H,11,14,16). The molecule has 1 aliphatic carbocycles. The first-order chi connectivity index (χ1) is 7.58. The molecule has 1 amide bonds. The van der Waals surface area contributed by atoms with Gasteiger partial charge in [0.2, 0.25) is 5.91 Å². The fourth-order valence-electron chi connectivity index (χ4n) is 1.49. The first kappa shape index (κ1) is 10.7. The van der Waals surface area contributed by atoms with Crippen LogP contribution in [0.3, 0.4) is 0 Å². The van der Waals surface area contributed by atoms with Crippen LogP contribution in [0.1, 0.15) is 12.8 Å². The number of amides is 1. The van der Waals surface area contributed by atoms with Crippen molar-refractivity contribution in [3.05, 3.63) is 33.1 Å². The highest BCUT2D eigenvalue weighted by atomic mass is 16.2. The Balaban J connectivity index is 2.11. The topological polar surface area (TPSA) is 75.2 Å². The largest absolute Gasteiger partial charge is 0.341 e. The van der Waals surface area contributed by atoms with Gasteiger partial charge in [0.05, 0.1) is 0 Å². The number of nitrogens with one attached hydrogen (secondary N) is 1. The van der Waals surface area contributed by atoms with Crippen LogP contribution >= 0.6 is 0 Å². The molecule has 0 saturated heterocycles. The van der Waals surface area contributed by atoms with E-state index in [1.54, 1.807) is 11.9 Å². The number of carbonyl (C=O) groups is 1. The van der Waals surface area contributed by atoms with Gasteiger partial charge in [0.15, 0.2) is 0 Å². The SMILES string of the molecule is CN(C(=O)Cn1ccc(=O)[nH]c1=O)C1CC1. The van der Waals surface area contributed by atoms with E-state index in [1.165, 1.54) is 16.8 Å². The Kier molecular flexibility index (Phi) is 2.64. The van der Waals surface area contributed by atoms with Crippen LogP contribution < -0.4 is 11.2 Å². The molecule has 0 unspecified atom stereocenters. The quantitative estimate of drug-likeness (QED) is 0.725. The number of aromatic nitrogens is 2. The maximum absolute atomic E-state index is 11.7. The van der Waals surface area contributed by atoms with Gasteiger partial charge < -0.3 is 4.90 Å². The lowest BCUT2D eigenvalue weighted by molar-refractivity contribution is -0.131. The summed E-state index contributed by atoms with van der Waals surface area (Å²) in [4.78, 5) is 37.6. The summed E-state index contributed by atoms with van der Waals surface area (Å²) in [6.07, 6.45) is 3.39. The van der Waals surface area contributed by atoms with Crippen molar-refractivity contribution < 1.29 is 4.79 Å². The Labute approximate surface area is 91.5 Å². The van der Waals surface area contributed by atoms with E-state index in [1.807, 2.05) is 0 Å². The van der Waals surface area contributed by atoms with Gasteiger partial charge in [-0.2, -0.15) is 0 Å². The first-order valence-electron chi connectivity index (χ1n) is 5.13. The lowest BCUT2D eigenvalue weighted by Gasteiger charge is -2.16. The monoisotopic (exact) mass is 223 g/mol. The molecule has 16 heavy (non-hydrogen) atoms. The van der Waals surface area contributed by atoms with Crippen LogP contribution in [-0.2, 0) is 11.3 Å². The molecular weight excluding hydrogens is 210 g/mol. The summed E-state index contributed by atoms with van der Waals surface area (Å²) < 4.78 is 1.20. The number of hydrogen-bond donors (Lipinski definition) is 1. The van der Waals surface area contributed by atoms with Gasteiger partial charge in [-0.1, -0.05) is 0 Å². The Morgan fingerprint density at radius 1 is 1.56 bits per heavy atom. The summed E-state index contributed by atoms with van der Waals surface area (Å²) in [5.41, 5.74) is -1.01. The van der Waals surface area contributed by atoms with Crippen molar-refractivity contribution in [1.29, 1.82) is 0 Å². The van der Waals surface area contributed by atoms with Gasteiger partial charge in [-0.15, -0.1) is 0 Å². The molecule has 0 radical (unpaired) electrons. The van der Waals surface area contributed by atoms with Gasteiger partial charge >= 0.3 is 5.69 Å². The molecule has 0 aliphatic heterocycles. The highest BCUT2D eigenvalue weighted by Gasteiger charge is 2.29. The predicted molar refractivity (Wildman–Crippen MR) is 57.1 cm³/mol.